The molecule has 0 aliphatic rings. The second kappa shape index (κ2) is 29.7. The number of aromatic nitrogens is 2. The Labute approximate surface area is 253 Å². The van der Waals surface area contributed by atoms with E-state index < -0.39 is 0 Å². The minimum Gasteiger partial charge on any atom is -0.234 e. The maximum Gasteiger partial charge on any atom is 0.256 e. The van der Waals surface area contributed by atoms with Gasteiger partial charge in [-0.2, -0.15) is 0 Å². The lowest BCUT2D eigenvalue weighted by atomic mass is 10.0. The second-order valence-electron chi connectivity index (χ2n) is 13.0. The van der Waals surface area contributed by atoms with E-state index in [1.165, 1.54) is 206 Å². The molecule has 0 saturated heterocycles. The zero-order chi connectivity index (χ0) is 28.8. The van der Waals surface area contributed by atoms with Gasteiger partial charge in [0.15, 0.2) is 0 Å². The monoisotopic (exact) mass is 560 g/mol. The van der Waals surface area contributed by atoms with E-state index in [4.69, 9.17) is 0 Å². The highest BCUT2D eigenvalue weighted by Gasteiger charge is 2.16. The van der Waals surface area contributed by atoms with Crippen molar-refractivity contribution in [3.05, 3.63) is 18.2 Å². The average Bonchev–Trinajstić information content (AvgIpc) is 3.35. The first-order chi connectivity index (χ1) is 19.8. The van der Waals surface area contributed by atoms with E-state index in [1.807, 2.05) is 0 Å². The summed E-state index contributed by atoms with van der Waals surface area (Å²) >= 11 is 0. The Morgan fingerprint density at radius 1 is 0.425 bits per heavy atom. The van der Waals surface area contributed by atoms with Crippen molar-refractivity contribution in [2.75, 3.05) is 0 Å². The Morgan fingerprint density at radius 3 is 1.18 bits per heavy atom. The van der Waals surface area contributed by atoms with Crippen LogP contribution < -0.4 is 4.57 Å². The largest absolute Gasteiger partial charge is 0.256 e. The van der Waals surface area contributed by atoms with E-state index in [-0.39, 0.29) is 0 Å². The summed E-state index contributed by atoms with van der Waals surface area (Å²) in [6, 6.07) is 0. The predicted octanol–water partition coefficient (Wildman–Crippen LogP) is 12.7. The van der Waals surface area contributed by atoms with Crippen molar-refractivity contribution in [2.24, 2.45) is 0 Å². The number of aryl methyl sites for hydroxylation is 2. The number of hydrogen-bond acceptors (Lipinski definition) is 0. The molecular weight excluding hydrogens is 484 g/mol. The Hall–Kier alpha value is -0.790. The van der Waals surface area contributed by atoms with Gasteiger partial charge in [0, 0.05) is 6.42 Å². The number of nitrogens with zero attached hydrogens (tertiary/aromatic N) is 2. The lowest BCUT2D eigenvalue weighted by Crippen LogP contribution is -2.37. The van der Waals surface area contributed by atoms with Gasteiger partial charge in [-0.1, -0.05) is 175 Å². The quantitative estimate of drug-likeness (QED) is 0.0613. The Bertz CT molecular complexity index is 619. The van der Waals surface area contributed by atoms with Crippen LogP contribution in [0.2, 0.25) is 0 Å². The molecule has 40 heavy (non-hydrogen) atoms. The van der Waals surface area contributed by atoms with Crippen LogP contribution in [0.15, 0.2) is 12.4 Å². The fourth-order valence-corrected chi connectivity index (χ4v) is 6.30. The number of imidazole rings is 1. The number of rotatable bonds is 32. The summed E-state index contributed by atoms with van der Waals surface area (Å²) in [6.07, 6.45) is 47.5. The predicted molar refractivity (Wildman–Crippen MR) is 179 cm³/mol. The SMILES string of the molecule is CCCCCCCCCCCCCCCCn1cc[n+](CCCCCCCCCCCCCCC)c1CCCC. The van der Waals surface area contributed by atoms with Gasteiger partial charge >= 0.3 is 0 Å². The van der Waals surface area contributed by atoms with Crippen molar-refractivity contribution in [3.8, 4) is 0 Å². The van der Waals surface area contributed by atoms with Gasteiger partial charge in [-0.05, 0) is 32.1 Å². The minimum absolute atomic E-state index is 1.22. The fraction of sp³-hybridized carbons (Fsp3) is 0.921. The van der Waals surface area contributed by atoms with E-state index in [0.29, 0.717) is 0 Å². The molecular formula is C38H75N2+. The molecule has 0 bridgehead atoms. The molecule has 0 atom stereocenters. The third-order valence-corrected chi connectivity index (χ3v) is 9.10. The van der Waals surface area contributed by atoms with Gasteiger partial charge in [-0.3, -0.25) is 0 Å². The molecule has 0 unspecified atom stereocenters. The fourth-order valence-electron chi connectivity index (χ4n) is 6.30. The summed E-state index contributed by atoms with van der Waals surface area (Å²) in [5.41, 5.74) is 0. The number of unbranched alkanes of at least 4 members (excludes halogenated alkanes) is 26. The lowest BCUT2D eigenvalue weighted by molar-refractivity contribution is -0.704. The van der Waals surface area contributed by atoms with Crippen LogP contribution in [0.1, 0.15) is 213 Å². The molecule has 0 aliphatic carbocycles. The molecule has 0 aliphatic heterocycles. The zero-order valence-electron chi connectivity index (χ0n) is 28.2. The van der Waals surface area contributed by atoms with Crippen molar-refractivity contribution < 1.29 is 4.57 Å². The lowest BCUT2D eigenvalue weighted by Gasteiger charge is -2.06. The maximum atomic E-state index is 2.60. The molecule has 2 nitrogen and oxygen atoms in total. The highest BCUT2D eigenvalue weighted by atomic mass is 15.1. The van der Waals surface area contributed by atoms with Crippen molar-refractivity contribution in [1.29, 1.82) is 0 Å². The van der Waals surface area contributed by atoms with Crippen LogP contribution >= 0.6 is 0 Å². The van der Waals surface area contributed by atoms with Crippen molar-refractivity contribution in [2.45, 2.75) is 226 Å². The topological polar surface area (TPSA) is 8.81 Å². The van der Waals surface area contributed by atoms with Gasteiger partial charge in [-0.25, -0.2) is 9.13 Å². The summed E-state index contributed by atoms with van der Waals surface area (Å²) in [5.74, 6) is 1.59. The van der Waals surface area contributed by atoms with Crippen molar-refractivity contribution in [3.63, 3.8) is 0 Å². The summed E-state index contributed by atoms with van der Waals surface area (Å²) < 4.78 is 5.19. The van der Waals surface area contributed by atoms with Gasteiger partial charge in [0.05, 0.1) is 13.1 Å². The smallest absolute Gasteiger partial charge is 0.234 e. The second-order valence-corrected chi connectivity index (χ2v) is 13.0. The summed E-state index contributed by atoms with van der Waals surface area (Å²) in [7, 11) is 0. The summed E-state index contributed by atoms with van der Waals surface area (Å²) in [6.45, 7) is 9.40. The molecule has 0 spiro atoms. The summed E-state index contributed by atoms with van der Waals surface area (Å²) in [5, 5.41) is 0. The van der Waals surface area contributed by atoms with Gasteiger partial charge in [0.25, 0.3) is 5.82 Å². The van der Waals surface area contributed by atoms with Gasteiger partial charge < -0.3 is 0 Å². The van der Waals surface area contributed by atoms with E-state index in [1.54, 1.807) is 5.82 Å². The van der Waals surface area contributed by atoms with E-state index in [2.05, 4.69) is 42.3 Å². The molecule has 0 amide bonds. The molecule has 0 saturated carbocycles. The first kappa shape index (κ1) is 37.2. The molecule has 2 heteroatoms. The molecule has 0 N–H and O–H groups in total. The zero-order valence-corrected chi connectivity index (χ0v) is 28.2. The Balaban J connectivity index is 2.07. The van der Waals surface area contributed by atoms with Crippen LogP contribution in [0.5, 0.6) is 0 Å². The van der Waals surface area contributed by atoms with E-state index in [9.17, 15) is 0 Å². The molecule has 1 heterocycles. The van der Waals surface area contributed by atoms with Gasteiger partial charge in [0.1, 0.15) is 12.4 Å². The highest BCUT2D eigenvalue weighted by molar-refractivity contribution is 4.84. The highest BCUT2D eigenvalue weighted by Crippen LogP contribution is 2.15. The molecule has 1 aromatic rings. The molecule has 0 aromatic carbocycles. The Morgan fingerprint density at radius 2 is 0.775 bits per heavy atom. The standard InChI is InChI=1S/C38H75N2/c1-4-7-10-12-14-16-18-20-22-24-26-28-30-32-35-40-37-36-39(38(40)33-9-6-3)34-31-29-27-25-23-21-19-17-15-13-11-8-5-2/h36-37H,4-35H2,1-3H3/q+1. The van der Waals surface area contributed by atoms with Crippen LogP contribution in [0.3, 0.4) is 0 Å². The maximum absolute atomic E-state index is 2.60. The van der Waals surface area contributed by atoms with Crippen LogP contribution in [-0.2, 0) is 19.5 Å². The van der Waals surface area contributed by atoms with Crippen LogP contribution in [0.25, 0.3) is 0 Å². The molecule has 0 fully saturated rings. The van der Waals surface area contributed by atoms with E-state index in [0.717, 1.165) is 0 Å². The average molecular weight is 560 g/mol. The first-order valence-corrected chi connectivity index (χ1v) is 18.9. The minimum atomic E-state index is 1.22. The molecule has 1 rings (SSSR count). The van der Waals surface area contributed by atoms with Gasteiger partial charge in [0.2, 0.25) is 0 Å². The van der Waals surface area contributed by atoms with E-state index >= 15 is 0 Å². The molecule has 236 valence electrons. The first-order valence-electron chi connectivity index (χ1n) is 18.9. The normalized spacial score (nSPS) is 11.6. The molecule has 0 radical (unpaired) electrons. The Kier molecular flexibility index (Phi) is 27.6. The third kappa shape index (κ3) is 21.9. The summed E-state index contributed by atoms with van der Waals surface area (Å²) in [4.78, 5) is 0. The van der Waals surface area contributed by atoms with Crippen molar-refractivity contribution >= 4 is 0 Å². The van der Waals surface area contributed by atoms with Crippen LogP contribution in [0, 0.1) is 0 Å². The van der Waals surface area contributed by atoms with Crippen molar-refractivity contribution in [1.82, 2.24) is 4.57 Å². The molecule has 1 aromatic heterocycles. The van der Waals surface area contributed by atoms with Gasteiger partial charge in [-0.15, -0.1) is 0 Å². The van der Waals surface area contributed by atoms with Crippen LogP contribution in [-0.4, -0.2) is 4.57 Å². The van der Waals surface area contributed by atoms with Crippen LogP contribution in [0.4, 0.5) is 0 Å². The number of hydrogen-bond donors (Lipinski definition) is 0. The third-order valence-electron chi connectivity index (χ3n) is 9.10.